The molecule has 15 heavy (non-hydrogen) atoms. The number of nitrogens with one attached hydrogen (secondary N) is 1. The van der Waals surface area contributed by atoms with Gasteiger partial charge in [-0.05, 0) is 50.0 Å². The fourth-order valence-electron chi connectivity index (χ4n) is 3.77. The molecule has 0 aliphatic heterocycles. The predicted octanol–water partition coefficient (Wildman–Crippen LogP) is 3.59. The Morgan fingerprint density at radius 1 is 1.07 bits per heavy atom. The van der Waals surface area contributed by atoms with Crippen molar-refractivity contribution in [1.29, 1.82) is 0 Å². The van der Waals surface area contributed by atoms with E-state index >= 15 is 0 Å². The van der Waals surface area contributed by atoms with E-state index in [1.807, 2.05) is 0 Å². The van der Waals surface area contributed by atoms with Crippen LogP contribution in [0.1, 0.15) is 58.8 Å². The maximum atomic E-state index is 3.57. The third-order valence-corrected chi connectivity index (χ3v) is 4.55. The normalized spacial score (nSPS) is 35.8. The van der Waals surface area contributed by atoms with Crippen LogP contribution in [-0.2, 0) is 0 Å². The summed E-state index contributed by atoms with van der Waals surface area (Å²) in [5.41, 5.74) is 0. The molecule has 0 aromatic heterocycles. The van der Waals surface area contributed by atoms with E-state index in [4.69, 9.17) is 0 Å². The third kappa shape index (κ3) is 2.96. The molecule has 3 unspecified atom stereocenters. The van der Waals surface area contributed by atoms with Gasteiger partial charge in [-0.25, -0.2) is 0 Å². The Balaban J connectivity index is 1.73. The quantitative estimate of drug-likeness (QED) is 0.746. The van der Waals surface area contributed by atoms with Gasteiger partial charge in [0, 0.05) is 6.04 Å². The minimum Gasteiger partial charge on any atom is -0.315 e. The van der Waals surface area contributed by atoms with Crippen LogP contribution in [0, 0.1) is 17.8 Å². The summed E-state index contributed by atoms with van der Waals surface area (Å²) in [6.45, 7) is 5.74. The number of hydrogen-bond donors (Lipinski definition) is 1. The lowest BCUT2D eigenvalue weighted by molar-refractivity contribution is 0.219. The van der Waals surface area contributed by atoms with Crippen molar-refractivity contribution >= 4 is 0 Å². The fourth-order valence-corrected chi connectivity index (χ4v) is 3.77. The van der Waals surface area contributed by atoms with Gasteiger partial charge in [-0.3, -0.25) is 0 Å². The highest BCUT2D eigenvalue weighted by molar-refractivity contribution is 4.87. The lowest BCUT2D eigenvalue weighted by atomic mass is 9.77. The molecule has 0 saturated heterocycles. The first-order chi connectivity index (χ1) is 7.27. The van der Waals surface area contributed by atoms with Gasteiger partial charge < -0.3 is 5.32 Å². The first kappa shape index (κ1) is 11.4. The zero-order valence-electron chi connectivity index (χ0n) is 10.5. The first-order valence-corrected chi connectivity index (χ1v) is 7.00. The maximum absolute atomic E-state index is 3.57. The molecule has 1 heteroatoms. The minimum absolute atomic E-state index is 0.661. The molecule has 3 atom stereocenters. The maximum Gasteiger partial charge on any atom is 0.00103 e. The Morgan fingerprint density at radius 3 is 2.67 bits per heavy atom. The predicted molar refractivity (Wildman–Crippen MR) is 65.9 cm³/mol. The summed E-state index contributed by atoms with van der Waals surface area (Å²) < 4.78 is 0. The van der Waals surface area contributed by atoms with Crippen LogP contribution in [-0.4, -0.2) is 12.6 Å². The van der Waals surface area contributed by atoms with Gasteiger partial charge in [-0.15, -0.1) is 0 Å². The van der Waals surface area contributed by atoms with Crippen molar-refractivity contribution in [3.05, 3.63) is 0 Å². The monoisotopic (exact) mass is 209 g/mol. The lowest BCUT2D eigenvalue weighted by Crippen LogP contribution is -2.27. The second-order valence-corrected chi connectivity index (χ2v) is 5.94. The molecule has 0 spiro atoms. The van der Waals surface area contributed by atoms with E-state index in [1.165, 1.54) is 45.1 Å². The van der Waals surface area contributed by atoms with Crippen LogP contribution in [0.4, 0.5) is 0 Å². The van der Waals surface area contributed by atoms with E-state index in [0.717, 1.165) is 17.8 Å². The third-order valence-electron chi connectivity index (χ3n) is 4.55. The number of hydrogen-bond acceptors (Lipinski definition) is 1. The molecule has 0 amide bonds. The minimum atomic E-state index is 0.661. The van der Waals surface area contributed by atoms with Crippen molar-refractivity contribution in [3.8, 4) is 0 Å². The second kappa shape index (κ2) is 5.34. The average Bonchev–Trinajstić information content (AvgIpc) is 2.62. The van der Waals surface area contributed by atoms with Crippen LogP contribution in [0.3, 0.4) is 0 Å². The Bertz CT molecular complexity index is 188. The van der Waals surface area contributed by atoms with Crippen molar-refractivity contribution in [2.24, 2.45) is 17.8 Å². The van der Waals surface area contributed by atoms with E-state index in [1.54, 1.807) is 6.42 Å². The smallest absolute Gasteiger partial charge is 0.00103 e. The Hall–Kier alpha value is -0.0400. The average molecular weight is 209 g/mol. The summed E-state index contributed by atoms with van der Waals surface area (Å²) in [5, 5.41) is 3.57. The van der Waals surface area contributed by atoms with Gasteiger partial charge in [0.15, 0.2) is 0 Å². The van der Waals surface area contributed by atoms with Crippen LogP contribution < -0.4 is 5.32 Å². The SMILES string of the molecule is CC(C)NCCC1CCC2CCCCC21. The molecule has 2 aliphatic carbocycles. The molecule has 1 N–H and O–H groups in total. The molecule has 0 bridgehead atoms. The summed E-state index contributed by atoms with van der Waals surface area (Å²) in [6.07, 6.45) is 10.6. The number of fused-ring (bicyclic) bond motifs is 1. The molecule has 1 nitrogen and oxygen atoms in total. The molecule has 0 aromatic rings. The van der Waals surface area contributed by atoms with Gasteiger partial charge in [0.1, 0.15) is 0 Å². The van der Waals surface area contributed by atoms with E-state index < -0.39 is 0 Å². The van der Waals surface area contributed by atoms with Crippen molar-refractivity contribution in [3.63, 3.8) is 0 Å². The molecular formula is C14H27N. The molecule has 0 heterocycles. The highest BCUT2D eigenvalue weighted by atomic mass is 14.9. The highest BCUT2D eigenvalue weighted by Gasteiger charge is 2.36. The summed E-state index contributed by atoms with van der Waals surface area (Å²) in [6, 6.07) is 0.661. The summed E-state index contributed by atoms with van der Waals surface area (Å²) >= 11 is 0. The first-order valence-electron chi connectivity index (χ1n) is 7.00. The molecule has 0 radical (unpaired) electrons. The molecule has 2 aliphatic rings. The van der Waals surface area contributed by atoms with Gasteiger partial charge >= 0.3 is 0 Å². The topological polar surface area (TPSA) is 12.0 Å². The molecule has 2 saturated carbocycles. The second-order valence-electron chi connectivity index (χ2n) is 5.94. The van der Waals surface area contributed by atoms with E-state index in [-0.39, 0.29) is 0 Å². The molecule has 0 aromatic carbocycles. The summed E-state index contributed by atoms with van der Waals surface area (Å²) in [7, 11) is 0. The van der Waals surface area contributed by atoms with Gasteiger partial charge in [0.2, 0.25) is 0 Å². The van der Waals surface area contributed by atoms with Crippen LogP contribution in [0.5, 0.6) is 0 Å². The number of rotatable bonds is 4. The Kier molecular flexibility index (Phi) is 4.07. The molecular weight excluding hydrogens is 182 g/mol. The van der Waals surface area contributed by atoms with Crippen LogP contribution in [0.2, 0.25) is 0 Å². The Morgan fingerprint density at radius 2 is 1.87 bits per heavy atom. The van der Waals surface area contributed by atoms with Crippen LogP contribution in [0.15, 0.2) is 0 Å². The van der Waals surface area contributed by atoms with Crippen molar-refractivity contribution in [2.45, 2.75) is 64.8 Å². The largest absolute Gasteiger partial charge is 0.315 e. The summed E-state index contributed by atoms with van der Waals surface area (Å²) in [4.78, 5) is 0. The van der Waals surface area contributed by atoms with E-state index in [2.05, 4.69) is 19.2 Å². The van der Waals surface area contributed by atoms with E-state index in [9.17, 15) is 0 Å². The van der Waals surface area contributed by atoms with Gasteiger partial charge in [-0.1, -0.05) is 33.1 Å². The van der Waals surface area contributed by atoms with Crippen molar-refractivity contribution in [1.82, 2.24) is 5.32 Å². The van der Waals surface area contributed by atoms with Gasteiger partial charge in [0.05, 0.1) is 0 Å². The molecule has 88 valence electrons. The van der Waals surface area contributed by atoms with Crippen molar-refractivity contribution in [2.75, 3.05) is 6.54 Å². The van der Waals surface area contributed by atoms with Crippen LogP contribution in [0.25, 0.3) is 0 Å². The van der Waals surface area contributed by atoms with Gasteiger partial charge in [-0.2, -0.15) is 0 Å². The van der Waals surface area contributed by atoms with Gasteiger partial charge in [0.25, 0.3) is 0 Å². The molecule has 2 fully saturated rings. The zero-order valence-corrected chi connectivity index (χ0v) is 10.5. The fraction of sp³-hybridized carbons (Fsp3) is 1.00. The molecule has 2 rings (SSSR count). The van der Waals surface area contributed by atoms with Crippen molar-refractivity contribution < 1.29 is 0 Å². The van der Waals surface area contributed by atoms with Crippen LogP contribution >= 0.6 is 0 Å². The lowest BCUT2D eigenvalue weighted by Gasteiger charge is -2.29. The summed E-state index contributed by atoms with van der Waals surface area (Å²) in [5.74, 6) is 3.28. The van der Waals surface area contributed by atoms with E-state index in [0.29, 0.717) is 6.04 Å². The standard InChI is InChI=1S/C14H27N/c1-11(2)15-10-9-13-8-7-12-5-3-4-6-14(12)13/h11-15H,3-10H2,1-2H3. The highest BCUT2D eigenvalue weighted by Crippen LogP contribution is 2.46. The zero-order chi connectivity index (χ0) is 10.7. The Labute approximate surface area is 95.0 Å².